The number of hydrogen-bond acceptors (Lipinski definition) is 5. The Kier molecular flexibility index (Phi) is 7.39. The van der Waals surface area contributed by atoms with Gasteiger partial charge in [0.25, 0.3) is 5.91 Å². The average Bonchev–Trinajstić information content (AvgIpc) is 3.53. The van der Waals surface area contributed by atoms with Crippen LogP contribution in [0, 0.1) is 6.92 Å². The number of nitrogens with zero attached hydrogens (tertiary/aromatic N) is 3. The van der Waals surface area contributed by atoms with E-state index in [-0.39, 0.29) is 31.2 Å². The molecule has 1 fully saturated rings. The molecular weight excluding hydrogens is 554 g/mol. The van der Waals surface area contributed by atoms with E-state index in [1.54, 1.807) is 47.7 Å². The number of fused-ring (bicyclic) bond motifs is 1. The largest absolute Gasteiger partial charge is 0.325 e. The fraction of sp³-hybridized carbons (Fsp3) is 0.152. The van der Waals surface area contributed by atoms with Crippen LogP contribution in [0.5, 0.6) is 0 Å². The molecule has 0 N–H and O–H groups in total. The minimum Gasteiger partial charge on any atom is -0.325 e. The number of halogens is 1. The summed E-state index contributed by atoms with van der Waals surface area (Å²) in [5.74, 6) is -0.968. The Bertz CT molecular complexity index is 1750. The van der Waals surface area contributed by atoms with Crippen molar-refractivity contribution >= 4 is 56.6 Å². The van der Waals surface area contributed by atoms with Crippen LogP contribution in [0.4, 0.5) is 5.69 Å². The van der Waals surface area contributed by atoms with Gasteiger partial charge in [-0.25, -0.2) is 9.88 Å². The molecule has 8 heteroatoms. The first-order chi connectivity index (χ1) is 19.9. The predicted octanol–water partition coefficient (Wildman–Crippen LogP) is 6.83. The van der Waals surface area contributed by atoms with E-state index in [9.17, 15) is 14.4 Å². The van der Waals surface area contributed by atoms with Crippen molar-refractivity contribution in [1.29, 1.82) is 0 Å². The Morgan fingerprint density at radius 1 is 0.951 bits per heavy atom. The monoisotopic (exact) mass is 579 g/mol. The molecule has 1 unspecified atom stereocenters. The number of aryl methyl sites for hydroxylation is 1. The Hall–Kier alpha value is -4.33. The molecular formula is C33H26ClN3O3S. The maximum absolute atomic E-state index is 13.7. The summed E-state index contributed by atoms with van der Waals surface area (Å²) < 4.78 is 1.11. The van der Waals surface area contributed by atoms with E-state index in [1.165, 1.54) is 15.4 Å². The smallest absolute Gasteiger partial charge is 0.257 e. The number of anilines is 1. The van der Waals surface area contributed by atoms with Crippen LogP contribution < -0.4 is 4.90 Å². The Balaban J connectivity index is 1.25. The summed E-state index contributed by atoms with van der Waals surface area (Å²) in [6.07, 6.45) is 0.0232. The van der Waals surface area contributed by atoms with E-state index in [0.717, 1.165) is 31.9 Å². The van der Waals surface area contributed by atoms with Gasteiger partial charge in [0.15, 0.2) is 0 Å². The molecule has 0 spiro atoms. The molecule has 1 atom stereocenters. The van der Waals surface area contributed by atoms with Crippen molar-refractivity contribution in [3.63, 3.8) is 0 Å². The third-order valence-electron chi connectivity index (χ3n) is 7.20. The second kappa shape index (κ2) is 11.3. The third kappa shape index (κ3) is 5.64. The van der Waals surface area contributed by atoms with Crippen molar-refractivity contribution in [3.05, 3.63) is 119 Å². The van der Waals surface area contributed by atoms with E-state index in [4.69, 9.17) is 16.6 Å². The third-order valence-corrected chi connectivity index (χ3v) is 8.52. The lowest BCUT2D eigenvalue weighted by molar-refractivity contribution is -0.138. The first kappa shape index (κ1) is 26.9. The molecule has 3 amide bonds. The van der Waals surface area contributed by atoms with Gasteiger partial charge in [0.05, 0.1) is 28.7 Å². The zero-order valence-electron chi connectivity index (χ0n) is 22.3. The first-order valence-corrected chi connectivity index (χ1v) is 14.5. The minimum atomic E-state index is -0.894. The summed E-state index contributed by atoms with van der Waals surface area (Å²) in [6, 6.07) is 29.1. The van der Waals surface area contributed by atoms with E-state index in [0.29, 0.717) is 10.7 Å². The quantitative estimate of drug-likeness (QED) is 0.198. The summed E-state index contributed by atoms with van der Waals surface area (Å²) in [5, 5.41) is 1.45. The van der Waals surface area contributed by atoms with Crippen molar-refractivity contribution in [3.8, 4) is 10.6 Å². The number of carbonyl (C=O) groups is 3. The summed E-state index contributed by atoms with van der Waals surface area (Å²) in [7, 11) is 0. The second-order valence-electron chi connectivity index (χ2n) is 10.1. The van der Waals surface area contributed by atoms with Gasteiger partial charge in [0.1, 0.15) is 11.0 Å². The maximum Gasteiger partial charge on any atom is 0.257 e. The minimum absolute atomic E-state index is 0.0724. The number of imide groups is 1. The van der Waals surface area contributed by atoms with Crippen molar-refractivity contribution in [2.45, 2.75) is 32.4 Å². The topological polar surface area (TPSA) is 70.6 Å². The predicted molar refractivity (Wildman–Crippen MR) is 163 cm³/mol. The summed E-state index contributed by atoms with van der Waals surface area (Å²) in [4.78, 5) is 48.0. The van der Waals surface area contributed by atoms with Crippen LogP contribution in [0.3, 0.4) is 0 Å². The molecule has 0 bridgehead atoms. The van der Waals surface area contributed by atoms with Gasteiger partial charge in [-0.3, -0.25) is 14.4 Å². The van der Waals surface area contributed by atoms with Crippen LogP contribution in [0.15, 0.2) is 97.1 Å². The molecule has 2 heterocycles. The molecule has 0 radical (unpaired) electrons. The SMILES string of the molecule is Cc1ccc2nc(-c3ccc(N4C(=O)CC(N(Cc5ccccc5)C(=O)Cc5ccc(Cl)cc5)C4=O)cc3)sc2c1. The van der Waals surface area contributed by atoms with E-state index in [2.05, 4.69) is 13.0 Å². The number of aromatic nitrogens is 1. The first-order valence-electron chi connectivity index (χ1n) is 13.3. The average molecular weight is 580 g/mol. The highest BCUT2D eigenvalue weighted by Crippen LogP contribution is 2.33. The summed E-state index contributed by atoms with van der Waals surface area (Å²) in [6.45, 7) is 2.28. The molecule has 1 aliphatic heterocycles. The highest BCUT2D eigenvalue weighted by Gasteiger charge is 2.44. The molecule has 6 rings (SSSR count). The summed E-state index contributed by atoms with van der Waals surface area (Å²) in [5.41, 5.74) is 5.17. The van der Waals surface area contributed by atoms with Crippen LogP contribution in [0.1, 0.15) is 23.1 Å². The number of thiazole rings is 1. The zero-order valence-corrected chi connectivity index (χ0v) is 23.9. The molecule has 1 aromatic heterocycles. The normalized spacial score (nSPS) is 15.1. The lowest BCUT2D eigenvalue weighted by Gasteiger charge is -2.28. The van der Waals surface area contributed by atoms with Crippen molar-refractivity contribution in [2.75, 3.05) is 4.90 Å². The number of carbonyl (C=O) groups excluding carboxylic acids is 3. The molecule has 5 aromatic rings. The van der Waals surface area contributed by atoms with Gasteiger partial charge < -0.3 is 4.90 Å². The van der Waals surface area contributed by atoms with Crippen LogP contribution in [-0.2, 0) is 27.3 Å². The van der Waals surface area contributed by atoms with Crippen LogP contribution in [-0.4, -0.2) is 33.6 Å². The van der Waals surface area contributed by atoms with E-state index < -0.39 is 11.9 Å². The van der Waals surface area contributed by atoms with Crippen molar-refractivity contribution in [2.24, 2.45) is 0 Å². The van der Waals surface area contributed by atoms with Gasteiger partial charge >= 0.3 is 0 Å². The van der Waals surface area contributed by atoms with Gasteiger partial charge in [-0.1, -0.05) is 60.1 Å². The molecule has 4 aromatic carbocycles. The van der Waals surface area contributed by atoms with Gasteiger partial charge in [-0.2, -0.15) is 0 Å². The van der Waals surface area contributed by atoms with E-state index >= 15 is 0 Å². The lowest BCUT2D eigenvalue weighted by Crippen LogP contribution is -2.45. The second-order valence-corrected chi connectivity index (χ2v) is 11.6. The van der Waals surface area contributed by atoms with Gasteiger partial charge in [0.2, 0.25) is 11.8 Å². The Morgan fingerprint density at radius 2 is 1.68 bits per heavy atom. The number of hydrogen-bond donors (Lipinski definition) is 0. The molecule has 6 nitrogen and oxygen atoms in total. The molecule has 1 aliphatic rings. The zero-order chi connectivity index (χ0) is 28.5. The van der Waals surface area contributed by atoms with Crippen LogP contribution in [0.2, 0.25) is 5.02 Å². The Morgan fingerprint density at radius 3 is 2.41 bits per heavy atom. The van der Waals surface area contributed by atoms with E-state index in [1.807, 2.05) is 54.6 Å². The number of amides is 3. The molecule has 41 heavy (non-hydrogen) atoms. The van der Waals surface area contributed by atoms with Gasteiger partial charge in [0, 0.05) is 17.1 Å². The highest BCUT2D eigenvalue weighted by molar-refractivity contribution is 7.21. The van der Waals surface area contributed by atoms with Crippen LogP contribution in [0.25, 0.3) is 20.8 Å². The molecule has 1 saturated heterocycles. The lowest BCUT2D eigenvalue weighted by atomic mass is 10.1. The Labute approximate surface area is 246 Å². The van der Waals surface area contributed by atoms with Gasteiger partial charge in [-0.05, 0) is 72.1 Å². The highest BCUT2D eigenvalue weighted by atomic mass is 35.5. The fourth-order valence-corrected chi connectivity index (χ4v) is 6.27. The van der Waals surface area contributed by atoms with Crippen molar-refractivity contribution < 1.29 is 14.4 Å². The fourth-order valence-electron chi connectivity index (χ4n) is 5.07. The summed E-state index contributed by atoms with van der Waals surface area (Å²) >= 11 is 7.62. The van der Waals surface area contributed by atoms with Crippen LogP contribution >= 0.6 is 22.9 Å². The number of rotatable bonds is 7. The molecule has 204 valence electrons. The van der Waals surface area contributed by atoms with Gasteiger partial charge in [-0.15, -0.1) is 11.3 Å². The number of benzene rings is 4. The van der Waals surface area contributed by atoms with Crippen molar-refractivity contribution in [1.82, 2.24) is 9.88 Å². The standard InChI is InChI=1S/C33H26ClN3O3S/c1-21-7-16-27-29(17-21)41-32(35-27)24-10-14-26(15-11-24)37-31(39)19-28(33(37)40)36(20-23-5-3-2-4-6-23)30(38)18-22-8-12-25(34)13-9-22/h2-17,28H,18-20H2,1H3. The maximum atomic E-state index is 13.7. The molecule has 0 saturated carbocycles. The molecule has 0 aliphatic carbocycles.